The molecule has 0 spiro atoms. The number of H-pyrrole nitrogens is 1. The number of ether oxygens (including phenoxy) is 1. The zero-order valence-corrected chi connectivity index (χ0v) is 17.9. The number of hydrogen-bond donors (Lipinski definition) is 1. The number of nitrogens with one attached hydrogen (secondary N) is 1. The number of rotatable bonds is 6. The van der Waals surface area contributed by atoms with Gasteiger partial charge < -0.3 is 14.6 Å². The monoisotopic (exact) mass is 417 g/mol. The Labute approximate surface area is 181 Å². The lowest BCUT2D eigenvalue weighted by Crippen LogP contribution is -2.41. The van der Waals surface area contributed by atoms with Crippen LogP contribution in [0.2, 0.25) is 0 Å². The lowest BCUT2D eigenvalue weighted by molar-refractivity contribution is 0.0551. The van der Waals surface area contributed by atoms with E-state index >= 15 is 0 Å². The van der Waals surface area contributed by atoms with E-state index in [2.05, 4.69) is 29.2 Å². The van der Waals surface area contributed by atoms with E-state index in [-0.39, 0.29) is 24.5 Å². The van der Waals surface area contributed by atoms with Gasteiger partial charge in [0.15, 0.2) is 0 Å². The van der Waals surface area contributed by atoms with Crippen molar-refractivity contribution < 1.29 is 14.3 Å². The molecule has 0 aliphatic carbocycles. The van der Waals surface area contributed by atoms with Crippen molar-refractivity contribution in [3.63, 3.8) is 0 Å². The molecule has 0 saturated carbocycles. The summed E-state index contributed by atoms with van der Waals surface area (Å²) in [5, 5.41) is 1.17. The molecule has 0 bridgehead atoms. The minimum Gasteiger partial charge on any atom is -0.491 e. The van der Waals surface area contributed by atoms with Gasteiger partial charge in [0.1, 0.15) is 12.4 Å². The molecule has 2 amide bonds. The zero-order chi connectivity index (χ0) is 21.5. The van der Waals surface area contributed by atoms with E-state index in [1.165, 1.54) is 28.7 Å². The van der Waals surface area contributed by atoms with E-state index in [0.717, 1.165) is 24.2 Å². The van der Waals surface area contributed by atoms with Crippen molar-refractivity contribution in [3.05, 3.63) is 65.4 Å². The normalized spacial score (nSPS) is 19.9. The minimum atomic E-state index is -0.360. The van der Waals surface area contributed by atoms with E-state index in [1.54, 1.807) is 24.3 Å². The second-order valence-corrected chi connectivity index (χ2v) is 8.69. The summed E-state index contributed by atoms with van der Waals surface area (Å²) in [5.41, 5.74) is 3.33. The highest BCUT2D eigenvalue weighted by Gasteiger charge is 2.38. The zero-order valence-electron chi connectivity index (χ0n) is 17.9. The third-order valence-corrected chi connectivity index (χ3v) is 6.62. The molecular weight excluding hydrogens is 390 g/mol. The molecule has 6 nitrogen and oxygen atoms in total. The SMILES string of the molecule is CC(COc1ccc2[nH]cc(C[C@@H]3CCCN3C)c2c1)N1C(=O)c2ccccc2C1=O. The second-order valence-electron chi connectivity index (χ2n) is 8.69. The maximum Gasteiger partial charge on any atom is 0.261 e. The predicted octanol–water partition coefficient (Wildman–Crippen LogP) is 3.87. The van der Waals surface area contributed by atoms with Gasteiger partial charge in [-0.2, -0.15) is 0 Å². The van der Waals surface area contributed by atoms with Crippen molar-refractivity contribution >= 4 is 22.7 Å². The first kappa shape index (κ1) is 19.8. The van der Waals surface area contributed by atoms with E-state index in [4.69, 9.17) is 4.74 Å². The summed E-state index contributed by atoms with van der Waals surface area (Å²) in [6, 6.07) is 13.2. The molecule has 1 fully saturated rings. The number of fused-ring (bicyclic) bond motifs is 2. The summed E-state index contributed by atoms with van der Waals surface area (Å²) >= 11 is 0. The van der Waals surface area contributed by atoms with E-state index < -0.39 is 0 Å². The number of imide groups is 1. The van der Waals surface area contributed by atoms with Gasteiger partial charge in [-0.15, -0.1) is 0 Å². The molecule has 3 heterocycles. The molecule has 0 radical (unpaired) electrons. The van der Waals surface area contributed by atoms with Crippen LogP contribution in [0, 0.1) is 0 Å². The van der Waals surface area contributed by atoms with Gasteiger partial charge in [0.2, 0.25) is 0 Å². The van der Waals surface area contributed by atoms with E-state index in [1.807, 2.05) is 19.1 Å². The number of likely N-dealkylation sites (tertiary alicyclic amines) is 1. The lowest BCUT2D eigenvalue weighted by atomic mass is 10.0. The maximum atomic E-state index is 12.7. The summed E-state index contributed by atoms with van der Waals surface area (Å²) < 4.78 is 6.03. The largest absolute Gasteiger partial charge is 0.491 e. The molecule has 1 aromatic heterocycles. The molecule has 1 unspecified atom stereocenters. The number of aromatic amines is 1. The Morgan fingerprint density at radius 2 is 1.87 bits per heavy atom. The second kappa shape index (κ2) is 7.85. The fraction of sp³-hybridized carbons (Fsp3) is 0.360. The highest BCUT2D eigenvalue weighted by atomic mass is 16.5. The molecular formula is C25H27N3O3. The van der Waals surface area contributed by atoms with E-state index in [9.17, 15) is 9.59 Å². The Bertz CT molecular complexity index is 1120. The number of amides is 2. The molecule has 2 aliphatic heterocycles. The summed E-state index contributed by atoms with van der Waals surface area (Å²) in [5.74, 6) is 0.248. The van der Waals surface area contributed by atoms with Crippen LogP contribution in [-0.2, 0) is 6.42 Å². The van der Waals surface area contributed by atoms with Crippen LogP contribution in [0.25, 0.3) is 10.9 Å². The number of benzene rings is 2. The van der Waals surface area contributed by atoms with Crippen LogP contribution in [0.15, 0.2) is 48.7 Å². The van der Waals surface area contributed by atoms with Crippen LogP contribution >= 0.6 is 0 Å². The van der Waals surface area contributed by atoms with Crippen LogP contribution in [0.3, 0.4) is 0 Å². The molecule has 1 saturated heterocycles. The Kier molecular flexibility index (Phi) is 5.02. The van der Waals surface area contributed by atoms with Gasteiger partial charge in [0, 0.05) is 23.1 Å². The van der Waals surface area contributed by atoms with Crippen LogP contribution in [0.4, 0.5) is 0 Å². The lowest BCUT2D eigenvalue weighted by Gasteiger charge is -2.22. The first-order valence-corrected chi connectivity index (χ1v) is 10.9. The summed E-state index contributed by atoms with van der Waals surface area (Å²) in [7, 11) is 2.20. The predicted molar refractivity (Wildman–Crippen MR) is 120 cm³/mol. The fourth-order valence-electron chi connectivity index (χ4n) is 4.81. The van der Waals surface area contributed by atoms with Crippen molar-refractivity contribution in [2.24, 2.45) is 0 Å². The third kappa shape index (κ3) is 3.51. The van der Waals surface area contributed by atoms with Crippen LogP contribution in [-0.4, -0.2) is 58.9 Å². The van der Waals surface area contributed by atoms with Crippen molar-refractivity contribution in [1.29, 1.82) is 0 Å². The Morgan fingerprint density at radius 3 is 2.55 bits per heavy atom. The summed E-state index contributed by atoms with van der Waals surface area (Å²) in [6.07, 6.45) is 5.61. The number of aromatic nitrogens is 1. The molecule has 160 valence electrons. The maximum absolute atomic E-state index is 12.7. The van der Waals surface area contributed by atoms with Crippen molar-refractivity contribution in [1.82, 2.24) is 14.8 Å². The van der Waals surface area contributed by atoms with Gasteiger partial charge in [-0.1, -0.05) is 12.1 Å². The van der Waals surface area contributed by atoms with Gasteiger partial charge in [-0.05, 0) is 75.7 Å². The number of nitrogens with zero attached hydrogens (tertiary/aromatic N) is 2. The van der Waals surface area contributed by atoms with Gasteiger partial charge in [0.25, 0.3) is 11.8 Å². The molecule has 6 heteroatoms. The first-order valence-electron chi connectivity index (χ1n) is 10.9. The molecule has 1 N–H and O–H groups in total. The minimum absolute atomic E-state index is 0.249. The standard InChI is InChI=1S/C25H27N3O3/c1-16(28-24(29)20-7-3-4-8-21(20)25(28)30)15-31-19-9-10-23-22(13-19)17(14-26-23)12-18-6-5-11-27(18)2/h3-4,7-10,13-14,16,18,26H,5-6,11-12,15H2,1-2H3/t16?,18-/m0/s1. The molecule has 2 aromatic carbocycles. The molecule has 2 atom stereocenters. The highest BCUT2D eigenvalue weighted by Crippen LogP contribution is 2.29. The number of likely N-dealkylation sites (N-methyl/N-ethyl adjacent to an activating group) is 1. The van der Waals surface area contributed by atoms with Gasteiger partial charge >= 0.3 is 0 Å². The topological polar surface area (TPSA) is 65.6 Å². The first-order chi connectivity index (χ1) is 15.0. The fourth-order valence-corrected chi connectivity index (χ4v) is 4.81. The van der Waals surface area contributed by atoms with Crippen LogP contribution < -0.4 is 4.74 Å². The number of carbonyl (C=O) groups is 2. The van der Waals surface area contributed by atoms with Crippen molar-refractivity contribution in [2.75, 3.05) is 20.2 Å². The molecule has 2 aliphatic rings. The third-order valence-electron chi connectivity index (χ3n) is 6.62. The van der Waals surface area contributed by atoms with Crippen LogP contribution in [0.5, 0.6) is 5.75 Å². The average Bonchev–Trinajstić information content (AvgIpc) is 3.44. The quantitative estimate of drug-likeness (QED) is 0.619. The summed E-state index contributed by atoms with van der Waals surface area (Å²) in [6.45, 7) is 3.26. The Hall–Kier alpha value is -3.12. The average molecular weight is 418 g/mol. The molecule has 3 aromatic rings. The van der Waals surface area contributed by atoms with Crippen molar-refractivity contribution in [2.45, 2.75) is 38.3 Å². The molecule has 5 rings (SSSR count). The van der Waals surface area contributed by atoms with Gasteiger partial charge in [-0.3, -0.25) is 14.5 Å². The van der Waals surface area contributed by atoms with Crippen LogP contribution in [0.1, 0.15) is 46.0 Å². The number of carbonyl (C=O) groups excluding carboxylic acids is 2. The Morgan fingerprint density at radius 1 is 1.13 bits per heavy atom. The van der Waals surface area contributed by atoms with Gasteiger partial charge in [-0.25, -0.2) is 0 Å². The molecule has 31 heavy (non-hydrogen) atoms. The highest BCUT2D eigenvalue weighted by molar-refractivity contribution is 6.21. The Balaban J connectivity index is 1.29. The van der Waals surface area contributed by atoms with Gasteiger partial charge in [0.05, 0.1) is 17.2 Å². The van der Waals surface area contributed by atoms with E-state index in [0.29, 0.717) is 17.2 Å². The van der Waals surface area contributed by atoms with Crippen molar-refractivity contribution in [3.8, 4) is 5.75 Å². The number of hydrogen-bond acceptors (Lipinski definition) is 4. The summed E-state index contributed by atoms with van der Waals surface area (Å²) in [4.78, 5) is 32.5. The smallest absolute Gasteiger partial charge is 0.261 e.